The Morgan fingerprint density at radius 2 is 1.91 bits per heavy atom. The van der Waals surface area contributed by atoms with Gasteiger partial charge >= 0.3 is 0 Å². The van der Waals surface area contributed by atoms with E-state index in [1.54, 1.807) is 0 Å². The van der Waals surface area contributed by atoms with Gasteiger partial charge in [-0.25, -0.2) is 0 Å². The van der Waals surface area contributed by atoms with E-state index in [4.69, 9.17) is 5.73 Å². The second-order valence-electron chi connectivity index (χ2n) is 2.49. The van der Waals surface area contributed by atoms with Gasteiger partial charge in [0.1, 0.15) is 0 Å². The van der Waals surface area contributed by atoms with Gasteiger partial charge in [0.15, 0.2) is 0 Å². The van der Waals surface area contributed by atoms with Crippen LogP contribution in [0.15, 0.2) is 24.3 Å². The molecule has 0 aliphatic heterocycles. The van der Waals surface area contributed by atoms with Gasteiger partial charge in [-0.1, -0.05) is 12.1 Å². The van der Waals surface area contributed by atoms with E-state index in [-0.39, 0.29) is 0 Å². The molecule has 0 fully saturated rings. The predicted octanol–water partition coefficient (Wildman–Crippen LogP) is 1.23. The molecule has 11 heavy (non-hydrogen) atoms. The molecule has 1 rings (SSSR count). The molecule has 0 saturated carbocycles. The van der Waals surface area contributed by atoms with Crippen LogP contribution in [0, 0.1) is 0 Å². The molecule has 3 N–H and O–H groups in total. The van der Waals surface area contributed by atoms with Crippen LogP contribution in [-0.2, 0) is 6.42 Å². The van der Waals surface area contributed by atoms with Crippen LogP contribution in [0.3, 0.4) is 0 Å². The van der Waals surface area contributed by atoms with Crippen molar-refractivity contribution >= 4 is 5.69 Å². The smallest absolute Gasteiger partial charge is 0.0337 e. The van der Waals surface area contributed by atoms with E-state index in [0.717, 1.165) is 18.7 Å². The normalized spacial score (nSPS) is 9.64. The maximum Gasteiger partial charge on any atom is 0.0337 e. The van der Waals surface area contributed by atoms with E-state index in [0.29, 0.717) is 0 Å². The minimum Gasteiger partial charge on any atom is -0.388 e. The average molecular weight is 150 g/mol. The van der Waals surface area contributed by atoms with Crippen molar-refractivity contribution < 1.29 is 0 Å². The van der Waals surface area contributed by atoms with Gasteiger partial charge in [0, 0.05) is 12.7 Å². The van der Waals surface area contributed by atoms with Crippen LogP contribution in [0.1, 0.15) is 5.56 Å². The lowest BCUT2D eigenvalue weighted by Crippen LogP contribution is -2.02. The molecule has 0 amide bonds. The van der Waals surface area contributed by atoms with Crippen molar-refractivity contribution in [2.45, 2.75) is 6.42 Å². The van der Waals surface area contributed by atoms with Crippen molar-refractivity contribution in [3.05, 3.63) is 29.8 Å². The van der Waals surface area contributed by atoms with E-state index in [9.17, 15) is 0 Å². The monoisotopic (exact) mass is 150 g/mol. The highest BCUT2D eigenvalue weighted by Gasteiger charge is 1.90. The SMILES string of the molecule is CNc1ccc(CCN)cc1. The van der Waals surface area contributed by atoms with Crippen LogP contribution in [0.25, 0.3) is 0 Å². The van der Waals surface area contributed by atoms with Crippen molar-refractivity contribution in [3.63, 3.8) is 0 Å². The maximum absolute atomic E-state index is 5.42. The molecule has 0 atom stereocenters. The first-order chi connectivity index (χ1) is 5.36. The second-order valence-corrected chi connectivity index (χ2v) is 2.49. The van der Waals surface area contributed by atoms with Gasteiger partial charge in [0.25, 0.3) is 0 Å². The number of benzene rings is 1. The van der Waals surface area contributed by atoms with E-state index in [1.165, 1.54) is 5.56 Å². The van der Waals surface area contributed by atoms with Crippen molar-refractivity contribution in [1.82, 2.24) is 0 Å². The van der Waals surface area contributed by atoms with E-state index in [1.807, 2.05) is 7.05 Å². The lowest BCUT2D eigenvalue weighted by atomic mass is 10.1. The summed E-state index contributed by atoms with van der Waals surface area (Å²) in [5.41, 5.74) is 7.86. The number of hydrogen-bond acceptors (Lipinski definition) is 2. The van der Waals surface area contributed by atoms with Gasteiger partial charge in [0.05, 0.1) is 0 Å². The summed E-state index contributed by atoms with van der Waals surface area (Å²) in [6, 6.07) is 8.31. The third-order valence-electron chi connectivity index (χ3n) is 1.68. The maximum atomic E-state index is 5.42. The zero-order valence-corrected chi connectivity index (χ0v) is 6.80. The Balaban J connectivity index is 2.66. The molecule has 60 valence electrons. The molecule has 1 aromatic rings. The molecule has 0 bridgehead atoms. The Hall–Kier alpha value is -1.02. The molecular weight excluding hydrogens is 136 g/mol. The highest BCUT2D eigenvalue weighted by atomic mass is 14.8. The Morgan fingerprint density at radius 3 is 2.36 bits per heavy atom. The molecule has 0 heterocycles. The Bertz CT molecular complexity index is 203. The number of anilines is 1. The first-order valence-electron chi connectivity index (χ1n) is 3.83. The van der Waals surface area contributed by atoms with Crippen molar-refractivity contribution in [2.75, 3.05) is 18.9 Å². The molecule has 0 aliphatic rings. The largest absolute Gasteiger partial charge is 0.388 e. The van der Waals surface area contributed by atoms with Crippen molar-refractivity contribution in [1.29, 1.82) is 0 Å². The van der Waals surface area contributed by atoms with Crippen molar-refractivity contribution in [2.24, 2.45) is 5.73 Å². The summed E-state index contributed by atoms with van der Waals surface area (Å²) >= 11 is 0. The van der Waals surface area contributed by atoms with Gasteiger partial charge in [0.2, 0.25) is 0 Å². The average Bonchev–Trinajstić information content (AvgIpc) is 2.07. The molecule has 0 spiro atoms. The summed E-state index contributed by atoms with van der Waals surface area (Å²) in [5, 5.41) is 3.07. The number of nitrogens with two attached hydrogens (primary N) is 1. The molecule has 2 heteroatoms. The minimum atomic E-state index is 0.721. The van der Waals surface area contributed by atoms with Gasteiger partial charge in [-0.05, 0) is 30.7 Å². The Kier molecular flexibility index (Phi) is 2.93. The van der Waals surface area contributed by atoms with E-state index < -0.39 is 0 Å². The van der Waals surface area contributed by atoms with Crippen LogP contribution in [-0.4, -0.2) is 13.6 Å². The fourth-order valence-corrected chi connectivity index (χ4v) is 1.00. The lowest BCUT2D eigenvalue weighted by molar-refractivity contribution is 0.969. The number of nitrogens with one attached hydrogen (secondary N) is 1. The highest BCUT2D eigenvalue weighted by molar-refractivity contribution is 5.43. The highest BCUT2D eigenvalue weighted by Crippen LogP contribution is 2.08. The van der Waals surface area contributed by atoms with Gasteiger partial charge in [-0.15, -0.1) is 0 Å². The first-order valence-corrected chi connectivity index (χ1v) is 3.83. The Morgan fingerprint density at radius 1 is 1.27 bits per heavy atom. The van der Waals surface area contributed by atoms with Crippen LogP contribution >= 0.6 is 0 Å². The first kappa shape index (κ1) is 8.08. The summed E-state index contributed by atoms with van der Waals surface area (Å²) < 4.78 is 0. The van der Waals surface area contributed by atoms with Crippen LogP contribution in [0.5, 0.6) is 0 Å². The van der Waals surface area contributed by atoms with E-state index in [2.05, 4.69) is 29.6 Å². The second kappa shape index (κ2) is 3.98. The quantitative estimate of drug-likeness (QED) is 0.680. The van der Waals surface area contributed by atoms with Crippen LogP contribution < -0.4 is 11.1 Å². The molecule has 2 nitrogen and oxygen atoms in total. The molecule has 0 unspecified atom stereocenters. The van der Waals surface area contributed by atoms with Gasteiger partial charge in [-0.3, -0.25) is 0 Å². The van der Waals surface area contributed by atoms with Crippen molar-refractivity contribution in [3.8, 4) is 0 Å². The van der Waals surface area contributed by atoms with Gasteiger partial charge in [-0.2, -0.15) is 0 Å². The standard InChI is InChI=1S/C9H14N2/c1-11-9-4-2-8(3-5-9)6-7-10/h2-5,11H,6-7,10H2,1H3. The van der Waals surface area contributed by atoms with Gasteiger partial charge < -0.3 is 11.1 Å². The third-order valence-corrected chi connectivity index (χ3v) is 1.68. The predicted molar refractivity (Wildman–Crippen MR) is 48.7 cm³/mol. The molecule has 0 saturated heterocycles. The number of rotatable bonds is 3. The lowest BCUT2D eigenvalue weighted by Gasteiger charge is -2.01. The van der Waals surface area contributed by atoms with E-state index >= 15 is 0 Å². The number of hydrogen-bond donors (Lipinski definition) is 2. The summed E-state index contributed by atoms with van der Waals surface area (Å²) in [7, 11) is 1.91. The summed E-state index contributed by atoms with van der Waals surface area (Å²) in [5.74, 6) is 0. The Labute approximate surface area is 67.4 Å². The fourth-order valence-electron chi connectivity index (χ4n) is 1.00. The molecule has 0 aromatic heterocycles. The molecule has 1 aromatic carbocycles. The van der Waals surface area contributed by atoms with Crippen LogP contribution in [0.4, 0.5) is 5.69 Å². The minimum absolute atomic E-state index is 0.721. The summed E-state index contributed by atoms with van der Waals surface area (Å²) in [6.45, 7) is 0.721. The molecular formula is C9H14N2. The summed E-state index contributed by atoms with van der Waals surface area (Å²) in [4.78, 5) is 0. The molecule has 0 aliphatic carbocycles. The molecule has 0 radical (unpaired) electrons. The zero-order valence-electron chi connectivity index (χ0n) is 6.80. The van der Waals surface area contributed by atoms with Crippen LogP contribution in [0.2, 0.25) is 0 Å². The summed E-state index contributed by atoms with van der Waals surface area (Å²) in [6.07, 6.45) is 0.962. The zero-order chi connectivity index (χ0) is 8.10. The fraction of sp³-hybridized carbons (Fsp3) is 0.333. The topological polar surface area (TPSA) is 38.0 Å². The third kappa shape index (κ3) is 2.24.